The summed E-state index contributed by atoms with van der Waals surface area (Å²) in [5.41, 5.74) is 7.08. The smallest absolute Gasteiger partial charge is 0.0948 e. The summed E-state index contributed by atoms with van der Waals surface area (Å²) in [6, 6.07) is 0.335. The van der Waals surface area contributed by atoms with E-state index in [1.165, 1.54) is 5.69 Å². The Kier molecular flexibility index (Phi) is 1.24. The molecular weight excluding hydrogens is 126 g/mol. The summed E-state index contributed by atoms with van der Waals surface area (Å²) in [7, 11) is 0. The van der Waals surface area contributed by atoms with Gasteiger partial charge in [0.05, 0.1) is 6.33 Å². The Hall–Kier alpha value is -0.830. The third kappa shape index (κ3) is 0.827. The van der Waals surface area contributed by atoms with E-state index in [0.29, 0.717) is 6.04 Å². The first kappa shape index (κ1) is 5.92. The number of nitrogens with two attached hydrogens (primary N) is 1. The standard InChI is InChI=1S/C7H11N3/c8-6-1-2-7-3-9-5-10(7)4-6/h3,5-6H,1-2,4,8H2/t6-/m0/s1. The highest BCUT2D eigenvalue weighted by Crippen LogP contribution is 2.11. The van der Waals surface area contributed by atoms with Crippen molar-refractivity contribution >= 4 is 0 Å². The predicted molar refractivity (Wildman–Crippen MR) is 38.5 cm³/mol. The largest absolute Gasteiger partial charge is 0.333 e. The average molecular weight is 137 g/mol. The zero-order chi connectivity index (χ0) is 6.97. The molecule has 0 saturated heterocycles. The van der Waals surface area contributed by atoms with Gasteiger partial charge in [-0.1, -0.05) is 0 Å². The fraction of sp³-hybridized carbons (Fsp3) is 0.571. The lowest BCUT2D eigenvalue weighted by atomic mass is 10.1. The van der Waals surface area contributed by atoms with Gasteiger partial charge in [0.1, 0.15) is 0 Å². The number of imidazole rings is 1. The third-order valence-electron chi connectivity index (χ3n) is 2.00. The first-order valence-electron chi connectivity index (χ1n) is 3.61. The minimum Gasteiger partial charge on any atom is -0.333 e. The minimum absolute atomic E-state index is 0.335. The van der Waals surface area contributed by atoms with Crippen LogP contribution in [0.5, 0.6) is 0 Å². The molecule has 54 valence electrons. The number of fused-ring (bicyclic) bond motifs is 1. The van der Waals surface area contributed by atoms with Gasteiger partial charge in [-0.25, -0.2) is 4.98 Å². The van der Waals surface area contributed by atoms with E-state index in [4.69, 9.17) is 5.73 Å². The Bertz CT molecular complexity index is 229. The van der Waals surface area contributed by atoms with Crippen LogP contribution < -0.4 is 5.73 Å². The van der Waals surface area contributed by atoms with Gasteiger partial charge in [0.25, 0.3) is 0 Å². The van der Waals surface area contributed by atoms with E-state index in [2.05, 4.69) is 9.55 Å². The summed E-state index contributed by atoms with van der Waals surface area (Å²) in [6.07, 6.45) is 5.97. The van der Waals surface area contributed by atoms with Crippen molar-refractivity contribution in [2.45, 2.75) is 25.4 Å². The molecule has 3 nitrogen and oxygen atoms in total. The number of hydrogen-bond acceptors (Lipinski definition) is 2. The van der Waals surface area contributed by atoms with E-state index in [1.54, 1.807) is 0 Å². The molecule has 0 fully saturated rings. The summed E-state index contributed by atoms with van der Waals surface area (Å²) in [5.74, 6) is 0. The second kappa shape index (κ2) is 2.09. The molecule has 1 atom stereocenters. The lowest BCUT2D eigenvalue weighted by Crippen LogP contribution is -2.31. The second-order valence-electron chi connectivity index (χ2n) is 2.84. The Morgan fingerprint density at radius 3 is 3.50 bits per heavy atom. The van der Waals surface area contributed by atoms with E-state index in [9.17, 15) is 0 Å². The van der Waals surface area contributed by atoms with Crippen LogP contribution in [0, 0.1) is 0 Å². The molecule has 2 N–H and O–H groups in total. The van der Waals surface area contributed by atoms with Crippen LogP contribution in [0.1, 0.15) is 12.1 Å². The van der Waals surface area contributed by atoms with Crippen molar-refractivity contribution in [2.75, 3.05) is 0 Å². The van der Waals surface area contributed by atoms with Crippen molar-refractivity contribution in [3.63, 3.8) is 0 Å². The maximum absolute atomic E-state index is 5.76. The highest BCUT2D eigenvalue weighted by atomic mass is 15.1. The third-order valence-corrected chi connectivity index (χ3v) is 2.00. The number of aryl methyl sites for hydroxylation is 1. The van der Waals surface area contributed by atoms with Crippen LogP contribution in [-0.2, 0) is 13.0 Å². The molecule has 0 aromatic carbocycles. The van der Waals surface area contributed by atoms with E-state index in [0.717, 1.165) is 19.4 Å². The van der Waals surface area contributed by atoms with Gasteiger partial charge >= 0.3 is 0 Å². The Balaban J connectivity index is 2.30. The molecule has 0 saturated carbocycles. The molecular formula is C7H11N3. The van der Waals surface area contributed by atoms with Crippen LogP contribution in [0.15, 0.2) is 12.5 Å². The van der Waals surface area contributed by atoms with E-state index in [1.807, 2.05) is 12.5 Å². The maximum Gasteiger partial charge on any atom is 0.0948 e. The fourth-order valence-electron chi connectivity index (χ4n) is 1.40. The lowest BCUT2D eigenvalue weighted by Gasteiger charge is -2.19. The molecule has 3 heteroatoms. The van der Waals surface area contributed by atoms with E-state index >= 15 is 0 Å². The van der Waals surface area contributed by atoms with Gasteiger partial charge in [-0.15, -0.1) is 0 Å². The Labute approximate surface area is 59.9 Å². The number of nitrogens with zero attached hydrogens (tertiary/aromatic N) is 2. The lowest BCUT2D eigenvalue weighted by molar-refractivity contribution is 0.460. The van der Waals surface area contributed by atoms with Crippen molar-refractivity contribution in [1.29, 1.82) is 0 Å². The number of aromatic nitrogens is 2. The first-order chi connectivity index (χ1) is 4.86. The predicted octanol–water partition coefficient (Wildman–Crippen LogP) is 0.157. The summed E-state index contributed by atoms with van der Waals surface area (Å²) in [5, 5.41) is 0. The monoisotopic (exact) mass is 137 g/mol. The van der Waals surface area contributed by atoms with Crippen molar-refractivity contribution in [1.82, 2.24) is 9.55 Å². The molecule has 2 rings (SSSR count). The zero-order valence-electron chi connectivity index (χ0n) is 5.83. The Morgan fingerprint density at radius 1 is 1.70 bits per heavy atom. The second-order valence-corrected chi connectivity index (χ2v) is 2.84. The van der Waals surface area contributed by atoms with Crippen LogP contribution in [-0.4, -0.2) is 15.6 Å². The van der Waals surface area contributed by atoms with E-state index in [-0.39, 0.29) is 0 Å². The van der Waals surface area contributed by atoms with E-state index < -0.39 is 0 Å². The van der Waals surface area contributed by atoms with Crippen LogP contribution in [0.4, 0.5) is 0 Å². The van der Waals surface area contributed by atoms with Crippen LogP contribution >= 0.6 is 0 Å². The summed E-state index contributed by atoms with van der Waals surface area (Å²) in [6.45, 7) is 0.940. The molecule has 0 spiro atoms. The highest BCUT2D eigenvalue weighted by molar-refractivity contribution is 5.02. The molecule has 10 heavy (non-hydrogen) atoms. The molecule has 0 radical (unpaired) electrons. The van der Waals surface area contributed by atoms with Crippen molar-refractivity contribution in [3.8, 4) is 0 Å². The highest BCUT2D eigenvalue weighted by Gasteiger charge is 2.13. The van der Waals surface area contributed by atoms with Gasteiger partial charge in [0, 0.05) is 24.5 Å². The zero-order valence-corrected chi connectivity index (χ0v) is 5.83. The van der Waals surface area contributed by atoms with Gasteiger partial charge in [-0.2, -0.15) is 0 Å². The molecule has 1 aromatic rings. The van der Waals surface area contributed by atoms with Gasteiger partial charge in [0.2, 0.25) is 0 Å². The normalized spacial score (nSPS) is 24.3. The van der Waals surface area contributed by atoms with Gasteiger partial charge in [-0.05, 0) is 12.8 Å². The van der Waals surface area contributed by atoms with Crippen molar-refractivity contribution < 1.29 is 0 Å². The molecule has 0 aliphatic carbocycles. The van der Waals surface area contributed by atoms with Crippen LogP contribution in [0.25, 0.3) is 0 Å². The average Bonchev–Trinajstić information content (AvgIpc) is 2.33. The van der Waals surface area contributed by atoms with Gasteiger partial charge < -0.3 is 10.3 Å². The Morgan fingerprint density at radius 2 is 2.60 bits per heavy atom. The molecule has 1 aliphatic heterocycles. The minimum atomic E-state index is 0.335. The molecule has 0 amide bonds. The first-order valence-corrected chi connectivity index (χ1v) is 3.61. The summed E-state index contributed by atoms with van der Waals surface area (Å²) in [4.78, 5) is 4.05. The summed E-state index contributed by atoms with van der Waals surface area (Å²) >= 11 is 0. The van der Waals surface area contributed by atoms with Crippen molar-refractivity contribution in [2.24, 2.45) is 5.73 Å². The quantitative estimate of drug-likeness (QED) is 0.553. The van der Waals surface area contributed by atoms with Gasteiger partial charge in [-0.3, -0.25) is 0 Å². The molecule has 1 aromatic heterocycles. The maximum atomic E-state index is 5.76. The topological polar surface area (TPSA) is 43.8 Å². The number of hydrogen-bond donors (Lipinski definition) is 1. The molecule has 2 heterocycles. The molecule has 0 unspecified atom stereocenters. The van der Waals surface area contributed by atoms with Crippen molar-refractivity contribution in [3.05, 3.63) is 18.2 Å². The van der Waals surface area contributed by atoms with Gasteiger partial charge in [0.15, 0.2) is 0 Å². The SMILES string of the molecule is N[C@H]1CCc2cncn2C1. The molecule has 1 aliphatic rings. The van der Waals surface area contributed by atoms with Crippen LogP contribution in [0.3, 0.4) is 0 Å². The molecule has 0 bridgehead atoms. The van der Waals surface area contributed by atoms with Crippen LogP contribution in [0.2, 0.25) is 0 Å². The summed E-state index contributed by atoms with van der Waals surface area (Å²) < 4.78 is 2.13. The number of rotatable bonds is 0. The fourth-order valence-corrected chi connectivity index (χ4v) is 1.40.